The first-order valence-electron chi connectivity index (χ1n) is 7.40. The van der Waals surface area contributed by atoms with E-state index in [9.17, 15) is 4.39 Å². The average Bonchev–Trinajstić information content (AvgIpc) is 2.49. The molecule has 20 heavy (non-hydrogen) atoms. The van der Waals surface area contributed by atoms with Crippen molar-refractivity contribution in [1.29, 1.82) is 0 Å². The van der Waals surface area contributed by atoms with Gasteiger partial charge in [0.05, 0.1) is 0 Å². The van der Waals surface area contributed by atoms with E-state index in [1.165, 1.54) is 6.42 Å². The van der Waals surface area contributed by atoms with E-state index in [0.29, 0.717) is 5.39 Å². The largest absolute Gasteiger partial charge is 0.317 e. The molecule has 2 N–H and O–H groups in total. The Morgan fingerprint density at radius 3 is 2.45 bits per heavy atom. The molecule has 0 amide bonds. The van der Waals surface area contributed by atoms with E-state index in [2.05, 4.69) is 17.6 Å². The van der Waals surface area contributed by atoms with Crippen molar-refractivity contribution in [1.82, 2.24) is 10.6 Å². The molecular weight excluding hydrogens is 251 g/mol. The monoisotopic (exact) mass is 274 g/mol. The number of halogens is 1. The molecule has 3 heteroatoms. The van der Waals surface area contributed by atoms with Crippen LogP contribution in [0.5, 0.6) is 0 Å². The minimum absolute atomic E-state index is 0.145. The minimum Gasteiger partial charge on any atom is -0.317 e. The molecule has 0 unspecified atom stereocenters. The van der Waals surface area contributed by atoms with Gasteiger partial charge in [-0.25, -0.2) is 4.39 Å². The van der Waals surface area contributed by atoms with E-state index < -0.39 is 0 Å². The molecule has 0 bridgehead atoms. The van der Waals surface area contributed by atoms with Gasteiger partial charge in [0.1, 0.15) is 5.82 Å². The van der Waals surface area contributed by atoms with Gasteiger partial charge in [-0.15, -0.1) is 0 Å². The topological polar surface area (TPSA) is 24.1 Å². The maximum absolute atomic E-state index is 13.7. The van der Waals surface area contributed by atoms with Crippen molar-refractivity contribution in [2.45, 2.75) is 26.3 Å². The second-order valence-electron chi connectivity index (χ2n) is 5.03. The fourth-order valence-corrected chi connectivity index (χ4v) is 2.34. The highest BCUT2D eigenvalue weighted by Gasteiger charge is 2.04. The molecule has 0 aliphatic carbocycles. The molecule has 108 valence electrons. The molecule has 0 aliphatic rings. The summed E-state index contributed by atoms with van der Waals surface area (Å²) in [7, 11) is 0. The summed E-state index contributed by atoms with van der Waals surface area (Å²) < 4.78 is 13.7. The number of benzene rings is 2. The molecule has 0 saturated heterocycles. The maximum atomic E-state index is 13.7. The van der Waals surface area contributed by atoms with Crippen LogP contribution in [-0.2, 0) is 6.54 Å². The van der Waals surface area contributed by atoms with Crippen LogP contribution in [-0.4, -0.2) is 19.6 Å². The zero-order chi connectivity index (χ0) is 14.2. The summed E-state index contributed by atoms with van der Waals surface area (Å²) in [5, 5.41) is 8.52. The smallest absolute Gasteiger partial charge is 0.131 e. The van der Waals surface area contributed by atoms with Crippen molar-refractivity contribution >= 4 is 10.8 Å². The van der Waals surface area contributed by atoms with Gasteiger partial charge in [0.15, 0.2) is 0 Å². The highest BCUT2D eigenvalue weighted by Crippen LogP contribution is 2.21. The SMILES string of the molecule is CCCNCCCNCc1ccc(F)c2ccccc12. The van der Waals surface area contributed by atoms with E-state index in [0.717, 1.165) is 43.5 Å². The molecule has 0 aliphatic heterocycles. The molecule has 0 fully saturated rings. The van der Waals surface area contributed by atoms with Crippen LogP contribution < -0.4 is 10.6 Å². The van der Waals surface area contributed by atoms with E-state index >= 15 is 0 Å². The van der Waals surface area contributed by atoms with Gasteiger partial charge in [0.25, 0.3) is 0 Å². The minimum atomic E-state index is -0.145. The van der Waals surface area contributed by atoms with Crippen molar-refractivity contribution in [3.63, 3.8) is 0 Å². The number of rotatable bonds is 8. The Kier molecular flexibility index (Phi) is 5.96. The Bertz CT molecular complexity index is 540. The molecule has 0 heterocycles. The lowest BCUT2D eigenvalue weighted by Crippen LogP contribution is -2.22. The first-order chi connectivity index (χ1) is 9.83. The summed E-state index contributed by atoms with van der Waals surface area (Å²) in [6.45, 7) is 6.06. The fourth-order valence-electron chi connectivity index (χ4n) is 2.34. The van der Waals surface area contributed by atoms with Gasteiger partial charge in [0, 0.05) is 11.9 Å². The number of hydrogen-bond acceptors (Lipinski definition) is 2. The van der Waals surface area contributed by atoms with Gasteiger partial charge in [-0.2, -0.15) is 0 Å². The zero-order valence-electron chi connectivity index (χ0n) is 12.1. The van der Waals surface area contributed by atoms with E-state index in [1.54, 1.807) is 6.07 Å². The summed E-state index contributed by atoms with van der Waals surface area (Å²) in [4.78, 5) is 0. The Labute approximate surface area is 120 Å². The standard InChI is InChI=1S/C17H23FN2/c1-2-10-19-11-5-12-20-13-14-8-9-17(18)16-7-4-3-6-15(14)16/h3-4,6-9,19-20H,2,5,10-13H2,1H3. The van der Waals surface area contributed by atoms with Crippen LogP contribution in [0.15, 0.2) is 36.4 Å². The normalized spacial score (nSPS) is 11.1. The fraction of sp³-hybridized carbons (Fsp3) is 0.412. The van der Waals surface area contributed by atoms with E-state index in [4.69, 9.17) is 0 Å². The molecule has 2 nitrogen and oxygen atoms in total. The molecule has 2 aromatic carbocycles. The van der Waals surface area contributed by atoms with Gasteiger partial charge in [0.2, 0.25) is 0 Å². The van der Waals surface area contributed by atoms with Crippen LogP contribution in [0.1, 0.15) is 25.3 Å². The van der Waals surface area contributed by atoms with Gasteiger partial charge in [-0.3, -0.25) is 0 Å². The Balaban J connectivity index is 1.86. The molecule has 2 rings (SSSR count). The third-order valence-corrected chi connectivity index (χ3v) is 3.41. The molecule has 0 spiro atoms. The summed E-state index contributed by atoms with van der Waals surface area (Å²) in [5.74, 6) is -0.145. The van der Waals surface area contributed by atoms with E-state index in [-0.39, 0.29) is 5.82 Å². The lowest BCUT2D eigenvalue weighted by Gasteiger charge is -2.09. The first kappa shape index (κ1) is 14.9. The van der Waals surface area contributed by atoms with Crippen molar-refractivity contribution in [3.05, 3.63) is 47.8 Å². The van der Waals surface area contributed by atoms with Gasteiger partial charge in [-0.05, 0) is 49.5 Å². The highest BCUT2D eigenvalue weighted by atomic mass is 19.1. The lowest BCUT2D eigenvalue weighted by molar-refractivity contribution is 0.592. The van der Waals surface area contributed by atoms with Crippen molar-refractivity contribution in [3.8, 4) is 0 Å². The van der Waals surface area contributed by atoms with Crippen LogP contribution in [0.25, 0.3) is 10.8 Å². The molecular formula is C17H23FN2. The quantitative estimate of drug-likeness (QED) is 0.720. The predicted octanol–water partition coefficient (Wildman–Crippen LogP) is 3.46. The van der Waals surface area contributed by atoms with Crippen LogP contribution in [0.4, 0.5) is 4.39 Å². The average molecular weight is 274 g/mol. The van der Waals surface area contributed by atoms with Crippen molar-refractivity contribution in [2.24, 2.45) is 0 Å². The van der Waals surface area contributed by atoms with Gasteiger partial charge < -0.3 is 10.6 Å². The predicted molar refractivity (Wildman–Crippen MR) is 83.4 cm³/mol. The van der Waals surface area contributed by atoms with Gasteiger partial charge in [-0.1, -0.05) is 37.3 Å². The van der Waals surface area contributed by atoms with Crippen LogP contribution in [0, 0.1) is 5.82 Å². The third-order valence-electron chi connectivity index (χ3n) is 3.41. The lowest BCUT2D eigenvalue weighted by atomic mass is 10.0. The summed E-state index contributed by atoms with van der Waals surface area (Å²) >= 11 is 0. The molecule has 0 saturated carbocycles. The Morgan fingerprint density at radius 2 is 1.65 bits per heavy atom. The number of fused-ring (bicyclic) bond motifs is 1. The summed E-state index contributed by atoms with van der Waals surface area (Å²) in [6, 6.07) is 11.1. The Morgan fingerprint density at radius 1 is 0.900 bits per heavy atom. The molecule has 0 atom stereocenters. The second-order valence-corrected chi connectivity index (χ2v) is 5.03. The Hall–Kier alpha value is -1.45. The zero-order valence-corrected chi connectivity index (χ0v) is 12.1. The molecule has 0 aromatic heterocycles. The van der Waals surface area contributed by atoms with Gasteiger partial charge >= 0.3 is 0 Å². The third kappa shape index (κ3) is 4.02. The van der Waals surface area contributed by atoms with Crippen LogP contribution >= 0.6 is 0 Å². The molecule has 2 aromatic rings. The summed E-state index contributed by atoms with van der Waals surface area (Å²) in [6.07, 6.45) is 2.29. The van der Waals surface area contributed by atoms with Crippen LogP contribution in [0.2, 0.25) is 0 Å². The number of nitrogens with one attached hydrogen (secondary N) is 2. The first-order valence-corrected chi connectivity index (χ1v) is 7.40. The van der Waals surface area contributed by atoms with Crippen molar-refractivity contribution < 1.29 is 4.39 Å². The highest BCUT2D eigenvalue weighted by molar-refractivity contribution is 5.86. The van der Waals surface area contributed by atoms with E-state index in [1.807, 2.05) is 30.3 Å². The van der Waals surface area contributed by atoms with Crippen LogP contribution in [0.3, 0.4) is 0 Å². The second kappa shape index (κ2) is 7.98. The molecule has 0 radical (unpaired) electrons. The van der Waals surface area contributed by atoms with Crippen molar-refractivity contribution in [2.75, 3.05) is 19.6 Å². The number of hydrogen-bond donors (Lipinski definition) is 2. The maximum Gasteiger partial charge on any atom is 0.131 e. The summed E-state index contributed by atoms with van der Waals surface area (Å²) in [5.41, 5.74) is 1.16.